The van der Waals surface area contributed by atoms with Crippen molar-refractivity contribution in [3.63, 3.8) is 0 Å². The normalized spacial score (nSPS) is 23.0. The fourth-order valence-corrected chi connectivity index (χ4v) is 3.79. The van der Waals surface area contributed by atoms with Gasteiger partial charge in [0.25, 0.3) is 0 Å². The van der Waals surface area contributed by atoms with Gasteiger partial charge in [0.05, 0.1) is 18.1 Å². The molecule has 0 atom stereocenters. The molecule has 1 aliphatic rings. The standard InChI is InChI=1S/C13H20FN3O3S/c1-2-7-21(18,19)17-11-3-5-12(6-4-11)20-13-15-8-10(14)9-16-13/h8-9,11-12,17H,2-7H2,1H3. The van der Waals surface area contributed by atoms with E-state index in [9.17, 15) is 12.8 Å². The van der Waals surface area contributed by atoms with Crippen molar-refractivity contribution in [3.05, 3.63) is 18.2 Å². The monoisotopic (exact) mass is 317 g/mol. The topological polar surface area (TPSA) is 81.2 Å². The molecule has 0 spiro atoms. The number of sulfonamides is 1. The zero-order chi connectivity index (χ0) is 15.3. The highest BCUT2D eigenvalue weighted by Gasteiger charge is 2.25. The second-order valence-corrected chi connectivity index (χ2v) is 7.09. The molecule has 0 amide bonds. The van der Waals surface area contributed by atoms with Gasteiger partial charge in [-0.2, -0.15) is 0 Å². The zero-order valence-electron chi connectivity index (χ0n) is 12.0. The summed E-state index contributed by atoms with van der Waals surface area (Å²) in [4.78, 5) is 7.51. The Labute approximate surface area is 124 Å². The highest BCUT2D eigenvalue weighted by Crippen LogP contribution is 2.22. The van der Waals surface area contributed by atoms with E-state index in [1.54, 1.807) is 0 Å². The minimum Gasteiger partial charge on any atom is -0.460 e. The van der Waals surface area contributed by atoms with Gasteiger partial charge < -0.3 is 4.74 Å². The molecule has 1 saturated carbocycles. The number of halogens is 1. The first kappa shape index (κ1) is 16.1. The fraction of sp³-hybridized carbons (Fsp3) is 0.692. The van der Waals surface area contributed by atoms with Gasteiger partial charge in [-0.3, -0.25) is 0 Å². The molecule has 1 N–H and O–H groups in total. The average Bonchev–Trinajstić information content (AvgIpc) is 2.43. The number of hydrogen-bond acceptors (Lipinski definition) is 5. The summed E-state index contributed by atoms with van der Waals surface area (Å²) in [7, 11) is -3.17. The highest BCUT2D eigenvalue weighted by atomic mass is 32.2. The predicted molar refractivity (Wildman–Crippen MR) is 75.9 cm³/mol. The third-order valence-electron chi connectivity index (χ3n) is 3.36. The smallest absolute Gasteiger partial charge is 0.316 e. The van der Waals surface area contributed by atoms with Crippen LogP contribution < -0.4 is 9.46 Å². The van der Waals surface area contributed by atoms with Gasteiger partial charge in [-0.05, 0) is 32.1 Å². The molecule has 2 rings (SSSR count). The molecule has 0 aliphatic heterocycles. The highest BCUT2D eigenvalue weighted by molar-refractivity contribution is 7.89. The Morgan fingerprint density at radius 3 is 2.48 bits per heavy atom. The van der Waals surface area contributed by atoms with Gasteiger partial charge in [0.15, 0.2) is 5.82 Å². The van der Waals surface area contributed by atoms with Crippen LogP contribution in [-0.2, 0) is 10.0 Å². The summed E-state index contributed by atoms with van der Waals surface area (Å²) in [5, 5.41) is 0. The van der Waals surface area contributed by atoms with Crippen LogP contribution in [0.4, 0.5) is 4.39 Å². The van der Waals surface area contributed by atoms with E-state index in [1.807, 2.05) is 6.92 Å². The largest absolute Gasteiger partial charge is 0.460 e. The molecule has 8 heteroatoms. The molecule has 1 heterocycles. The van der Waals surface area contributed by atoms with Crippen LogP contribution in [0.15, 0.2) is 12.4 Å². The molecule has 1 aromatic heterocycles. The first-order chi connectivity index (χ1) is 9.98. The molecule has 0 unspecified atom stereocenters. The summed E-state index contributed by atoms with van der Waals surface area (Å²) in [5.41, 5.74) is 0. The van der Waals surface area contributed by atoms with Crippen LogP contribution in [0, 0.1) is 5.82 Å². The third-order valence-corrected chi connectivity index (χ3v) is 5.00. The Morgan fingerprint density at radius 2 is 1.90 bits per heavy atom. The predicted octanol–water partition coefficient (Wildman–Crippen LogP) is 1.64. The molecular weight excluding hydrogens is 297 g/mol. The molecule has 1 aromatic rings. The number of aromatic nitrogens is 2. The number of nitrogens with zero attached hydrogens (tertiary/aromatic N) is 2. The lowest BCUT2D eigenvalue weighted by Gasteiger charge is -2.28. The summed E-state index contributed by atoms with van der Waals surface area (Å²) >= 11 is 0. The molecule has 6 nitrogen and oxygen atoms in total. The Bertz CT molecular complexity index is 542. The maximum atomic E-state index is 12.7. The molecule has 0 aromatic carbocycles. The quantitative estimate of drug-likeness (QED) is 0.862. The van der Waals surface area contributed by atoms with Crippen molar-refractivity contribution < 1.29 is 17.5 Å². The third kappa shape index (κ3) is 5.20. The maximum absolute atomic E-state index is 12.7. The van der Waals surface area contributed by atoms with E-state index in [4.69, 9.17) is 4.74 Å². The van der Waals surface area contributed by atoms with Crippen molar-refractivity contribution >= 4 is 10.0 Å². The van der Waals surface area contributed by atoms with E-state index in [2.05, 4.69) is 14.7 Å². The van der Waals surface area contributed by atoms with Crippen LogP contribution in [0.2, 0.25) is 0 Å². The van der Waals surface area contributed by atoms with Gasteiger partial charge in [0.1, 0.15) is 6.10 Å². The van der Waals surface area contributed by atoms with Crippen molar-refractivity contribution in [1.29, 1.82) is 0 Å². The number of nitrogens with one attached hydrogen (secondary N) is 1. The van der Waals surface area contributed by atoms with Crippen molar-refractivity contribution in [3.8, 4) is 6.01 Å². The van der Waals surface area contributed by atoms with Crippen LogP contribution in [-0.4, -0.2) is 36.3 Å². The van der Waals surface area contributed by atoms with Crippen LogP contribution in [0.25, 0.3) is 0 Å². The Balaban J connectivity index is 1.79. The second kappa shape index (κ2) is 7.13. The molecular formula is C13H20FN3O3S. The van der Waals surface area contributed by atoms with Gasteiger partial charge in [-0.1, -0.05) is 6.92 Å². The van der Waals surface area contributed by atoms with Crippen LogP contribution in [0.5, 0.6) is 6.01 Å². The van der Waals surface area contributed by atoms with Gasteiger partial charge >= 0.3 is 6.01 Å². The van der Waals surface area contributed by atoms with E-state index in [-0.39, 0.29) is 23.9 Å². The summed E-state index contributed by atoms with van der Waals surface area (Å²) in [6, 6.07) is 0.127. The summed E-state index contributed by atoms with van der Waals surface area (Å²) in [5.74, 6) is -0.344. The van der Waals surface area contributed by atoms with E-state index >= 15 is 0 Å². The van der Waals surface area contributed by atoms with Crippen molar-refractivity contribution in [2.75, 3.05) is 5.75 Å². The molecule has 0 bridgehead atoms. The van der Waals surface area contributed by atoms with Crippen molar-refractivity contribution in [1.82, 2.24) is 14.7 Å². The number of ether oxygens (including phenoxy) is 1. The maximum Gasteiger partial charge on any atom is 0.316 e. The second-order valence-electron chi connectivity index (χ2n) is 5.21. The Kier molecular flexibility index (Phi) is 5.46. The Hall–Kier alpha value is -1.28. The van der Waals surface area contributed by atoms with E-state index < -0.39 is 15.8 Å². The van der Waals surface area contributed by atoms with E-state index in [0.29, 0.717) is 6.42 Å². The molecule has 0 saturated heterocycles. The molecule has 1 fully saturated rings. The van der Waals surface area contributed by atoms with Gasteiger partial charge in [0.2, 0.25) is 10.0 Å². The first-order valence-electron chi connectivity index (χ1n) is 7.12. The minimum atomic E-state index is -3.17. The van der Waals surface area contributed by atoms with Crippen molar-refractivity contribution in [2.24, 2.45) is 0 Å². The van der Waals surface area contributed by atoms with Gasteiger partial charge in [-0.15, -0.1) is 0 Å². The molecule has 0 radical (unpaired) electrons. The van der Waals surface area contributed by atoms with E-state index in [0.717, 1.165) is 38.1 Å². The van der Waals surface area contributed by atoms with Crippen LogP contribution >= 0.6 is 0 Å². The lowest BCUT2D eigenvalue weighted by molar-refractivity contribution is 0.132. The Morgan fingerprint density at radius 1 is 1.29 bits per heavy atom. The molecule has 1 aliphatic carbocycles. The van der Waals surface area contributed by atoms with Crippen LogP contribution in [0.1, 0.15) is 39.0 Å². The van der Waals surface area contributed by atoms with Crippen LogP contribution in [0.3, 0.4) is 0 Å². The SMILES string of the molecule is CCCS(=O)(=O)NC1CCC(Oc2ncc(F)cn2)CC1. The average molecular weight is 317 g/mol. The lowest BCUT2D eigenvalue weighted by atomic mass is 9.94. The summed E-state index contributed by atoms with van der Waals surface area (Å²) < 4.78 is 44.4. The lowest BCUT2D eigenvalue weighted by Crippen LogP contribution is -2.40. The molecule has 118 valence electrons. The fourth-order valence-electron chi connectivity index (χ4n) is 2.39. The van der Waals surface area contributed by atoms with Gasteiger partial charge in [-0.25, -0.2) is 27.5 Å². The molecule has 21 heavy (non-hydrogen) atoms. The summed E-state index contributed by atoms with van der Waals surface area (Å²) in [6.45, 7) is 1.84. The van der Waals surface area contributed by atoms with Gasteiger partial charge in [0, 0.05) is 6.04 Å². The van der Waals surface area contributed by atoms with E-state index in [1.165, 1.54) is 0 Å². The number of hydrogen-bond donors (Lipinski definition) is 1. The zero-order valence-corrected chi connectivity index (χ0v) is 12.8. The summed E-state index contributed by atoms with van der Waals surface area (Å²) in [6.07, 6.45) is 5.56. The first-order valence-corrected chi connectivity index (χ1v) is 8.78. The minimum absolute atomic E-state index is 0.0319. The van der Waals surface area contributed by atoms with Crippen molar-refractivity contribution in [2.45, 2.75) is 51.2 Å². The number of rotatable bonds is 6.